The lowest BCUT2D eigenvalue weighted by molar-refractivity contribution is -0.116. The predicted molar refractivity (Wildman–Crippen MR) is 112 cm³/mol. The second-order valence-electron chi connectivity index (χ2n) is 6.29. The molecule has 3 aromatic rings. The average Bonchev–Trinajstić information content (AvgIpc) is 3.14. The molecule has 0 radical (unpaired) electrons. The Bertz CT molecular complexity index is 900. The number of benzene rings is 2. The minimum absolute atomic E-state index is 0.00923. The van der Waals surface area contributed by atoms with E-state index in [1.165, 1.54) is 11.8 Å². The number of carbonyl (C=O) groups is 1. The molecule has 1 aromatic heterocycles. The standard InChI is InChI=1S/C20H21ClN4O2S/c1-14(2)25(16-6-4-3-5-7-16)19(26)13-28-20-22-18(23-24-20)12-27-17-10-8-15(21)9-11-17/h3-11,14H,12-13H2,1-2H3,(H,22,23,24). The van der Waals surface area contributed by atoms with Crippen LogP contribution in [0.4, 0.5) is 5.69 Å². The molecule has 8 heteroatoms. The molecule has 0 aliphatic heterocycles. The molecule has 0 spiro atoms. The van der Waals surface area contributed by atoms with Gasteiger partial charge in [-0.15, -0.1) is 5.10 Å². The van der Waals surface area contributed by atoms with Crippen molar-refractivity contribution in [2.24, 2.45) is 0 Å². The number of ether oxygens (including phenoxy) is 1. The van der Waals surface area contributed by atoms with Crippen molar-refractivity contribution in [3.05, 3.63) is 65.4 Å². The second-order valence-corrected chi connectivity index (χ2v) is 7.67. The van der Waals surface area contributed by atoms with Gasteiger partial charge in [0.25, 0.3) is 0 Å². The number of carbonyl (C=O) groups excluding carboxylic acids is 1. The summed E-state index contributed by atoms with van der Waals surface area (Å²) in [7, 11) is 0. The zero-order valence-electron chi connectivity index (χ0n) is 15.6. The molecule has 28 heavy (non-hydrogen) atoms. The summed E-state index contributed by atoms with van der Waals surface area (Å²) >= 11 is 7.15. The molecular formula is C20H21ClN4O2S. The number of anilines is 1. The van der Waals surface area contributed by atoms with Crippen molar-refractivity contribution in [3.8, 4) is 5.75 Å². The maximum absolute atomic E-state index is 12.7. The Morgan fingerprint density at radius 3 is 2.57 bits per heavy atom. The first kappa shape index (κ1) is 20.2. The predicted octanol–water partition coefficient (Wildman–Crippen LogP) is 4.57. The van der Waals surface area contributed by atoms with Gasteiger partial charge in [0, 0.05) is 16.8 Å². The summed E-state index contributed by atoms with van der Waals surface area (Å²) in [5.74, 6) is 1.55. The van der Waals surface area contributed by atoms with E-state index in [4.69, 9.17) is 16.3 Å². The Morgan fingerprint density at radius 2 is 1.89 bits per heavy atom. The minimum atomic E-state index is 0.00923. The first-order valence-corrected chi connectivity index (χ1v) is 10.2. The number of hydrogen-bond acceptors (Lipinski definition) is 5. The zero-order chi connectivity index (χ0) is 19.9. The Labute approximate surface area is 173 Å². The van der Waals surface area contributed by atoms with E-state index in [9.17, 15) is 4.79 Å². The summed E-state index contributed by atoms with van der Waals surface area (Å²) in [4.78, 5) is 18.9. The minimum Gasteiger partial charge on any atom is -0.486 e. The Kier molecular flexibility index (Phi) is 6.95. The highest BCUT2D eigenvalue weighted by Crippen LogP contribution is 2.21. The summed E-state index contributed by atoms with van der Waals surface area (Å²) < 4.78 is 5.64. The Morgan fingerprint density at radius 1 is 1.18 bits per heavy atom. The monoisotopic (exact) mass is 416 g/mol. The van der Waals surface area contributed by atoms with Crippen LogP contribution in [-0.4, -0.2) is 32.9 Å². The molecular weight excluding hydrogens is 396 g/mol. The van der Waals surface area contributed by atoms with E-state index in [1.54, 1.807) is 29.2 Å². The van der Waals surface area contributed by atoms with Crippen LogP contribution in [0.3, 0.4) is 0 Å². The lowest BCUT2D eigenvalue weighted by Crippen LogP contribution is -2.38. The van der Waals surface area contributed by atoms with Gasteiger partial charge >= 0.3 is 0 Å². The quantitative estimate of drug-likeness (QED) is 0.544. The van der Waals surface area contributed by atoms with E-state index >= 15 is 0 Å². The number of nitrogens with zero attached hydrogens (tertiary/aromatic N) is 3. The van der Waals surface area contributed by atoms with Gasteiger partial charge in [-0.1, -0.05) is 41.6 Å². The normalized spacial score (nSPS) is 10.9. The number of thioether (sulfide) groups is 1. The van der Waals surface area contributed by atoms with Gasteiger partial charge in [-0.2, -0.15) is 0 Å². The van der Waals surface area contributed by atoms with Gasteiger partial charge in [0.2, 0.25) is 11.1 Å². The van der Waals surface area contributed by atoms with E-state index in [0.29, 0.717) is 21.8 Å². The largest absolute Gasteiger partial charge is 0.486 e. The van der Waals surface area contributed by atoms with Gasteiger partial charge in [0.05, 0.1) is 5.75 Å². The average molecular weight is 417 g/mol. The van der Waals surface area contributed by atoms with Crippen LogP contribution in [0, 0.1) is 0 Å². The van der Waals surface area contributed by atoms with Gasteiger partial charge in [0.1, 0.15) is 12.4 Å². The lowest BCUT2D eigenvalue weighted by Gasteiger charge is -2.26. The first-order chi connectivity index (χ1) is 13.5. The van der Waals surface area contributed by atoms with Crippen molar-refractivity contribution < 1.29 is 9.53 Å². The fourth-order valence-electron chi connectivity index (χ4n) is 2.60. The summed E-state index contributed by atoms with van der Waals surface area (Å²) in [5, 5.41) is 8.15. The molecule has 1 N–H and O–H groups in total. The maximum atomic E-state index is 12.7. The summed E-state index contributed by atoms with van der Waals surface area (Å²) in [5.41, 5.74) is 0.884. The third kappa shape index (κ3) is 5.50. The number of rotatable bonds is 8. The number of aromatic nitrogens is 3. The van der Waals surface area contributed by atoms with Gasteiger partial charge in [-0.05, 0) is 50.2 Å². The Hall–Kier alpha value is -2.51. The molecule has 3 rings (SSSR count). The zero-order valence-corrected chi connectivity index (χ0v) is 17.2. The third-order valence-electron chi connectivity index (χ3n) is 3.84. The number of halogens is 1. The lowest BCUT2D eigenvalue weighted by atomic mass is 10.2. The smallest absolute Gasteiger partial charge is 0.237 e. The van der Waals surface area contributed by atoms with Crippen LogP contribution in [0.2, 0.25) is 5.02 Å². The third-order valence-corrected chi connectivity index (χ3v) is 4.93. The first-order valence-electron chi connectivity index (χ1n) is 8.82. The van der Waals surface area contributed by atoms with Crippen LogP contribution in [0.15, 0.2) is 59.8 Å². The van der Waals surface area contributed by atoms with Crippen molar-refractivity contribution in [1.29, 1.82) is 0 Å². The summed E-state index contributed by atoms with van der Waals surface area (Å²) in [6.07, 6.45) is 0. The molecule has 2 aromatic carbocycles. The second kappa shape index (κ2) is 9.61. The van der Waals surface area contributed by atoms with Crippen molar-refractivity contribution in [3.63, 3.8) is 0 Å². The van der Waals surface area contributed by atoms with Crippen LogP contribution in [0.25, 0.3) is 0 Å². The maximum Gasteiger partial charge on any atom is 0.237 e. The fourth-order valence-corrected chi connectivity index (χ4v) is 3.41. The van der Waals surface area contributed by atoms with E-state index in [2.05, 4.69) is 15.2 Å². The number of amides is 1. The van der Waals surface area contributed by atoms with Crippen LogP contribution in [0.1, 0.15) is 19.7 Å². The molecule has 0 aliphatic carbocycles. The molecule has 0 aliphatic rings. The van der Waals surface area contributed by atoms with E-state index < -0.39 is 0 Å². The molecule has 0 unspecified atom stereocenters. The van der Waals surface area contributed by atoms with Crippen LogP contribution in [-0.2, 0) is 11.4 Å². The highest BCUT2D eigenvalue weighted by molar-refractivity contribution is 7.99. The SMILES string of the molecule is CC(C)N(C(=O)CSc1n[nH]c(COc2ccc(Cl)cc2)n1)c1ccccc1. The fraction of sp³-hybridized carbons (Fsp3) is 0.250. The molecule has 1 heterocycles. The van der Waals surface area contributed by atoms with Crippen molar-refractivity contribution in [1.82, 2.24) is 15.2 Å². The number of nitrogens with one attached hydrogen (secondary N) is 1. The summed E-state index contributed by atoms with van der Waals surface area (Å²) in [6, 6.07) is 16.8. The molecule has 6 nitrogen and oxygen atoms in total. The molecule has 0 bridgehead atoms. The molecule has 0 saturated carbocycles. The van der Waals surface area contributed by atoms with Gasteiger partial charge in [-0.25, -0.2) is 4.98 Å². The number of H-pyrrole nitrogens is 1. The molecule has 146 valence electrons. The number of para-hydroxylation sites is 1. The molecule has 0 atom stereocenters. The van der Waals surface area contributed by atoms with Crippen LogP contribution < -0.4 is 9.64 Å². The molecule has 0 fully saturated rings. The van der Waals surface area contributed by atoms with E-state index in [0.717, 1.165) is 5.69 Å². The number of hydrogen-bond donors (Lipinski definition) is 1. The Balaban J connectivity index is 1.54. The van der Waals surface area contributed by atoms with Gasteiger partial charge in [0.15, 0.2) is 5.82 Å². The highest BCUT2D eigenvalue weighted by Gasteiger charge is 2.19. The van der Waals surface area contributed by atoms with Crippen LogP contribution >= 0.6 is 23.4 Å². The van der Waals surface area contributed by atoms with Crippen molar-refractivity contribution in [2.75, 3.05) is 10.7 Å². The molecule has 0 saturated heterocycles. The topological polar surface area (TPSA) is 71.1 Å². The van der Waals surface area contributed by atoms with E-state index in [1.807, 2.05) is 44.2 Å². The van der Waals surface area contributed by atoms with Gasteiger partial charge in [-0.3, -0.25) is 9.89 Å². The molecule has 1 amide bonds. The number of aromatic amines is 1. The van der Waals surface area contributed by atoms with Crippen LogP contribution in [0.5, 0.6) is 5.75 Å². The van der Waals surface area contributed by atoms with Crippen molar-refractivity contribution >= 4 is 35.0 Å². The van der Waals surface area contributed by atoms with Crippen molar-refractivity contribution in [2.45, 2.75) is 31.7 Å². The highest BCUT2D eigenvalue weighted by atomic mass is 35.5. The summed E-state index contributed by atoms with van der Waals surface area (Å²) in [6.45, 7) is 4.24. The van der Waals surface area contributed by atoms with Gasteiger partial charge < -0.3 is 9.64 Å². The van der Waals surface area contributed by atoms with E-state index in [-0.39, 0.29) is 24.3 Å².